The minimum atomic E-state index is -0.622. The van der Waals surface area contributed by atoms with Gasteiger partial charge < -0.3 is 21.1 Å². The molecule has 0 aliphatic rings. The van der Waals surface area contributed by atoms with E-state index in [0.717, 1.165) is 0 Å². The Morgan fingerprint density at radius 1 is 1.39 bits per heavy atom. The van der Waals surface area contributed by atoms with Crippen molar-refractivity contribution in [1.29, 1.82) is 0 Å². The van der Waals surface area contributed by atoms with Gasteiger partial charge in [-0.05, 0) is 18.1 Å². The van der Waals surface area contributed by atoms with E-state index in [9.17, 15) is 9.59 Å². The highest BCUT2D eigenvalue weighted by Crippen LogP contribution is 2.17. The number of ether oxygens (including phenoxy) is 1. The van der Waals surface area contributed by atoms with Gasteiger partial charge in [-0.3, -0.25) is 9.59 Å². The van der Waals surface area contributed by atoms with Gasteiger partial charge in [0.15, 0.2) is 0 Å². The molecule has 1 aromatic carbocycles. The summed E-state index contributed by atoms with van der Waals surface area (Å²) in [6.07, 6.45) is 1.64. The normalized spacial score (nSPS) is 11.1. The fourth-order valence-electron chi connectivity index (χ4n) is 1.61. The number of halogens is 1. The van der Waals surface area contributed by atoms with Crippen LogP contribution in [-0.2, 0) is 9.59 Å². The third kappa shape index (κ3) is 7.67. The average Bonchev–Trinajstić information content (AvgIpc) is 2.50. The van der Waals surface area contributed by atoms with E-state index < -0.39 is 6.04 Å². The molecule has 1 atom stereocenters. The Balaban J connectivity index is 0.00000484. The molecule has 0 saturated heterocycles. The van der Waals surface area contributed by atoms with E-state index in [1.807, 2.05) is 13.8 Å². The summed E-state index contributed by atoms with van der Waals surface area (Å²) in [5.74, 6) is -0.0243. The summed E-state index contributed by atoms with van der Waals surface area (Å²) in [5.41, 5.74) is 6.29. The van der Waals surface area contributed by atoms with Gasteiger partial charge in [0.25, 0.3) is 0 Å². The van der Waals surface area contributed by atoms with Crippen molar-refractivity contribution in [1.82, 2.24) is 5.32 Å². The van der Waals surface area contributed by atoms with E-state index in [2.05, 4.69) is 17.2 Å². The maximum atomic E-state index is 11.8. The molecule has 0 saturated carbocycles. The molecule has 0 aliphatic carbocycles. The molecule has 0 heterocycles. The minimum absolute atomic E-state index is 0. The zero-order chi connectivity index (χ0) is 16.5. The summed E-state index contributed by atoms with van der Waals surface area (Å²) in [7, 11) is 0. The lowest BCUT2D eigenvalue weighted by Gasteiger charge is -2.15. The summed E-state index contributed by atoms with van der Waals surface area (Å²) in [6, 6.07) is 6.36. The number of nitrogens with one attached hydrogen (secondary N) is 2. The molecule has 0 spiro atoms. The van der Waals surface area contributed by atoms with Crippen molar-refractivity contribution in [2.75, 3.05) is 18.5 Å². The standard InChI is InChI=1S/C16H23N3O3.ClH/c1-4-8-22-13-7-5-6-12(9-13)19-14(20)10-18-16(21)15(17)11(2)3;/h4-7,9,11,15H,1,8,10,17H2,2-3H3,(H,18,21)(H,19,20);1H/t15-;/m0./s1. The largest absolute Gasteiger partial charge is 0.489 e. The highest BCUT2D eigenvalue weighted by molar-refractivity contribution is 5.95. The number of benzene rings is 1. The Bertz CT molecular complexity index is 535. The fourth-order valence-corrected chi connectivity index (χ4v) is 1.61. The number of carbonyl (C=O) groups is 2. The second kappa shape index (κ2) is 10.6. The van der Waals surface area contributed by atoms with Crippen molar-refractivity contribution in [2.45, 2.75) is 19.9 Å². The van der Waals surface area contributed by atoms with Crippen LogP contribution < -0.4 is 21.1 Å². The Kier molecular flexibility index (Phi) is 9.69. The average molecular weight is 342 g/mol. The van der Waals surface area contributed by atoms with Crippen molar-refractivity contribution >= 4 is 29.9 Å². The maximum absolute atomic E-state index is 11.8. The lowest BCUT2D eigenvalue weighted by molar-refractivity contribution is -0.125. The summed E-state index contributed by atoms with van der Waals surface area (Å²) in [4.78, 5) is 23.5. The SMILES string of the molecule is C=CCOc1cccc(NC(=O)CNC(=O)[C@@H](N)C(C)C)c1.Cl. The number of anilines is 1. The van der Waals surface area contributed by atoms with Gasteiger partial charge >= 0.3 is 0 Å². The van der Waals surface area contributed by atoms with E-state index >= 15 is 0 Å². The zero-order valence-electron chi connectivity index (χ0n) is 13.4. The molecular weight excluding hydrogens is 318 g/mol. The Morgan fingerprint density at radius 3 is 2.70 bits per heavy atom. The van der Waals surface area contributed by atoms with E-state index in [1.54, 1.807) is 30.3 Å². The molecule has 0 radical (unpaired) electrons. The third-order valence-electron chi connectivity index (χ3n) is 2.93. The van der Waals surface area contributed by atoms with Crippen LogP contribution in [0, 0.1) is 5.92 Å². The number of rotatable bonds is 8. The van der Waals surface area contributed by atoms with Gasteiger partial charge in [-0.25, -0.2) is 0 Å². The molecule has 0 aliphatic heterocycles. The quantitative estimate of drug-likeness (QED) is 0.627. The van der Waals surface area contributed by atoms with Crippen molar-refractivity contribution < 1.29 is 14.3 Å². The fraction of sp³-hybridized carbons (Fsp3) is 0.375. The predicted octanol–water partition coefficient (Wildman–Crippen LogP) is 1.71. The Labute approximate surface area is 142 Å². The van der Waals surface area contributed by atoms with Crippen LogP contribution in [-0.4, -0.2) is 31.0 Å². The van der Waals surface area contributed by atoms with Gasteiger partial charge in [0.1, 0.15) is 12.4 Å². The van der Waals surface area contributed by atoms with E-state index in [4.69, 9.17) is 10.5 Å². The first-order valence-electron chi connectivity index (χ1n) is 7.11. The lowest BCUT2D eigenvalue weighted by atomic mass is 10.1. The minimum Gasteiger partial charge on any atom is -0.489 e. The van der Waals surface area contributed by atoms with Gasteiger partial charge in [-0.1, -0.05) is 32.6 Å². The summed E-state index contributed by atoms with van der Waals surface area (Å²) < 4.78 is 5.38. The van der Waals surface area contributed by atoms with Crippen LogP contribution in [0.15, 0.2) is 36.9 Å². The lowest BCUT2D eigenvalue weighted by Crippen LogP contribution is -2.46. The molecule has 23 heavy (non-hydrogen) atoms. The van der Waals surface area contributed by atoms with Gasteiger partial charge in [0.2, 0.25) is 11.8 Å². The topological polar surface area (TPSA) is 93.5 Å². The maximum Gasteiger partial charge on any atom is 0.243 e. The van der Waals surface area contributed by atoms with Crippen LogP contribution in [0.25, 0.3) is 0 Å². The Hall–Kier alpha value is -2.05. The smallest absolute Gasteiger partial charge is 0.243 e. The highest BCUT2D eigenvalue weighted by Gasteiger charge is 2.17. The predicted molar refractivity (Wildman–Crippen MR) is 93.8 cm³/mol. The van der Waals surface area contributed by atoms with Crippen molar-refractivity contribution in [3.63, 3.8) is 0 Å². The molecule has 2 amide bonds. The first kappa shape index (κ1) is 20.9. The van der Waals surface area contributed by atoms with Gasteiger partial charge in [0, 0.05) is 11.8 Å². The van der Waals surface area contributed by atoms with Crippen LogP contribution in [0.3, 0.4) is 0 Å². The van der Waals surface area contributed by atoms with Crippen LogP contribution in [0.1, 0.15) is 13.8 Å². The van der Waals surface area contributed by atoms with E-state index in [-0.39, 0.29) is 36.7 Å². The monoisotopic (exact) mass is 341 g/mol. The molecule has 4 N–H and O–H groups in total. The molecule has 1 rings (SSSR count). The van der Waals surface area contributed by atoms with Crippen LogP contribution in [0.2, 0.25) is 0 Å². The number of nitrogens with two attached hydrogens (primary N) is 1. The zero-order valence-corrected chi connectivity index (χ0v) is 14.2. The summed E-state index contributed by atoms with van der Waals surface area (Å²) in [6.45, 7) is 7.52. The molecule has 0 unspecified atom stereocenters. The number of hydrogen-bond donors (Lipinski definition) is 3. The first-order chi connectivity index (χ1) is 10.4. The van der Waals surface area contributed by atoms with Gasteiger partial charge in [-0.2, -0.15) is 0 Å². The van der Waals surface area contributed by atoms with Crippen LogP contribution in [0.5, 0.6) is 5.75 Å². The summed E-state index contributed by atoms with van der Waals surface area (Å²) in [5, 5.41) is 5.19. The Morgan fingerprint density at radius 2 is 2.09 bits per heavy atom. The molecule has 1 aromatic rings. The van der Waals surface area contributed by atoms with Crippen LogP contribution in [0.4, 0.5) is 5.69 Å². The van der Waals surface area contributed by atoms with E-state index in [0.29, 0.717) is 18.0 Å². The molecule has 7 heteroatoms. The number of carbonyl (C=O) groups excluding carboxylic acids is 2. The van der Waals surface area contributed by atoms with Gasteiger partial charge in [0.05, 0.1) is 12.6 Å². The van der Waals surface area contributed by atoms with Crippen molar-refractivity contribution in [3.05, 3.63) is 36.9 Å². The highest BCUT2D eigenvalue weighted by atomic mass is 35.5. The molecule has 0 aromatic heterocycles. The molecule has 0 fully saturated rings. The number of hydrogen-bond acceptors (Lipinski definition) is 4. The first-order valence-corrected chi connectivity index (χ1v) is 7.11. The second-order valence-corrected chi connectivity index (χ2v) is 5.16. The molecule has 6 nitrogen and oxygen atoms in total. The number of amides is 2. The van der Waals surface area contributed by atoms with E-state index in [1.165, 1.54) is 0 Å². The third-order valence-corrected chi connectivity index (χ3v) is 2.93. The summed E-state index contributed by atoms with van der Waals surface area (Å²) >= 11 is 0. The molecular formula is C16H24ClN3O3. The van der Waals surface area contributed by atoms with Crippen molar-refractivity contribution in [2.24, 2.45) is 11.7 Å². The van der Waals surface area contributed by atoms with Crippen LogP contribution >= 0.6 is 12.4 Å². The van der Waals surface area contributed by atoms with Gasteiger partial charge in [-0.15, -0.1) is 12.4 Å². The molecule has 128 valence electrons. The van der Waals surface area contributed by atoms with Crippen molar-refractivity contribution in [3.8, 4) is 5.75 Å². The second-order valence-electron chi connectivity index (χ2n) is 5.16. The molecule has 0 bridgehead atoms.